The van der Waals surface area contributed by atoms with E-state index in [0.717, 1.165) is 0 Å². The molecule has 0 fully saturated rings. The van der Waals surface area contributed by atoms with Gasteiger partial charge in [0.1, 0.15) is 0 Å². The summed E-state index contributed by atoms with van der Waals surface area (Å²) in [5.74, 6) is -1.23. The van der Waals surface area contributed by atoms with Gasteiger partial charge in [-0.15, -0.1) is 0 Å². The number of phenols is 1. The molecule has 15 heavy (non-hydrogen) atoms. The highest BCUT2D eigenvalue weighted by molar-refractivity contribution is 5.48. The number of methoxy groups -OCH3 is 1. The molecule has 1 aromatic rings. The van der Waals surface area contributed by atoms with E-state index in [0.29, 0.717) is 17.5 Å². The number of aromatic hydroxyl groups is 1. The zero-order valence-corrected chi connectivity index (χ0v) is 8.67. The SMILES string of the molecule is CCc1cc(CC#N)c(O)c(F)c1OC. The summed E-state index contributed by atoms with van der Waals surface area (Å²) in [6.07, 6.45) is 0.568. The largest absolute Gasteiger partial charge is 0.505 e. The Hall–Kier alpha value is -1.76. The number of hydrogen-bond donors (Lipinski definition) is 1. The molecule has 0 spiro atoms. The topological polar surface area (TPSA) is 53.2 Å². The number of halogens is 1. The summed E-state index contributed by atoms with van der Waals surface area (Å²) in [5.41, 5.74) is 0.950. The molecule has 1 aromatic carbocycles. The predicted molar refractivity (Wildman–Crippen MR) is 53.3 cm³/mol. The van der Waals surface area contributed by atoms with Crippen molar-refractivity contribution in [2.24, 2.45) is 0 Å². The van der Waals surface area contributed by atoms with Crippen LogP contribution < -0.4 is 4.74 Å². The van der Waals surface area contributed by atoms with Crippen molar-refractivity contribution in [1.29, 1.82) is 5.26 Å². The number of nitrogens with zero attached hydrogens (tertiary/aromatic N) is 1. The van der Waals surface area contributed by atoms with E-state index in [-0.39, 0.29) is 12.2 Å². The average Bonchev–Trinajstić information content (AvgIpc) is 2.24. The van der Waals surface area contributed by atoms with Crippen LogP contribution in [0.5, 0.6) is 11.5 Å². The lowest BCUT2D eigenvalue weighted by molar-refractivity contribution is 0.358. The van der Waals surface area contributed by atoms with Crippen molar-refractivity contribution in [2.75, 3.05) is 7.11 Å². The quantitative estimate of drug-likeness (QED) is 0.830. The molecule has 0 saturated carbocycles. The van der Waals surface area contributed by atoms with Crippen molar-refractivity contribution >= 4 is 0 Å². The van der Waals surface area contributed by atoms with E-state index >= 15 is 0 Å². The van der Waals surface area contributed by atoms with Gasteiger partial charge in [0.05, 0.1) is 19.6 Å². The van der Waals surface area contributed by atoms with Gasteiger partial charge in [0.2, 0.25) is 5.82 Å². The fraction of sp³-hybridized carbons (Fsp3) is 0.364. The highest BCUT2D eigenvalue weighted by Gasteiger charge is 2.17. The Morgan fingerprint density at radius 2 is 2.20 bits per heavy atom. The number of benzene rings is 1. The monoisotopic (exact) mass is 209 g/mol. The number of hydrogen-bond acceptors (Lipinski definition) is 3. The molecular formula is C11H12FNO2. The van der Waals surface area contributed by atoms with Gasteiger partial charge < -0.3 is 9.84 Å². The third-order valence-corrected chi connectivity index (χ3v) is 2.21. The zero-order chi connectivity index (χ0) is 11.4. The van der Waals surface area contributed by atoms with Gasteiger partial charge in [-0.3, -0.25) is 0 Å². The number of aryl methyl sites for hydroxylation is 1. The molecule has 80 valence electrons. The summed E-state index contributed by atoms with van der Waals surface area (Å²) in [7, 11) is 1.35. The van der Waals surface area contributed by atoms with E-state index < -0.39 is 11.6 Å². The second-order valence-corrected chi connectivity index (χ2v) is 3.08. The molecule has 0 aliphatic rings. The van der Waals surface area contributed by atoms with E-state index in [9.17, 15) is 9.50 Å². The summed E-state index contributed by atoms with van der Waals surface area (Å²) in [6.45, 7) is 1.85. The smallest absolute Gasteiger partial charge is 0.207 e. The Kier molecular flexibility index (Phi) is 3.51. The average molecular weight is 209 g/mol. The lowest BCUT2D eigenvalue weighted by Crippen LogP contribution is -1.98. The van der Waals surface area contributed by atoms with E-state index in [1.165, 1.54) is 7.11 Å². The van der Waals surface area contributed by atoms with Gasteiger partial charge in [0.25, 0.3) is 0 Å². The molecule has 3 nitrogen and oxygen atoms in total. The normalized spacial score (nSPS) is 9.73. The van der Waals surface area contributed by atoms with Crippen LogP contribution in [0.2, 0.25) is 0 Å². The highest BCUT2D eigenvalue weighted by Crippen LogP contribution is 2.33. The Balaban J connectivity index is 3.37. The maximum atomic E-state index is 13.5. The maximum Gasteiger partial charge on any atom is 0.207 e. The van der Waals surface area contributed by atoms with Crippen molar-refractivity contribution in [3.8, 4) is 17.6 Å². The minimum atomic E-state index is -0.790. The Morgan fingerprint density at radius 3 is 2.67 bits per heavy atom. The van der Waals surface area contributed by atoms with Crippen molar-refractivity contribution in [1.82, 2.24) is 0 Å². The van der Waals surface area contributed by atoms with Gasteiger partial charge in [0, 0.05) is 5.56 Å². The molecule has 0 bridgehead atoms. The molecule has 0 aliphatic heterocycles. The molecule has 0 radical (unpaired) electrons. The molecule has 0 atom stereocenters. The summed E-state index contributed by atoms with van der Waals surface area (Å²) in [5, 5.41) is 18.0. The van der Waals surface area contributed by atoms with Crippen LogP contribution in [0.25, 0.3) is 0 Å². The van der Waals surface area contributed by atoms with Crippen molar-refractivity contribution in [2.45, 2.75) is 19.8 Å². The molecule has 1 rings (SSSR count). The van der Waals surface area contributed by atoms with Crippen LogP contribution >= 0.6 is 0 Å². The van der Waals surface area contributed by atoms with Crippen LogP contribution in [0.15, 0.2) is 6.07 Å². The zero-order valence-electron chi connectivity index (χ0n) is 8.67. The van der Waals surface area contributed by atoms with Gasteiger partial charge >= 0.3 is 0 Å². The standard InChI is InChI=1S/C11H12FNO2/c1-3-7-6-8(4-5-13)10(14)9(12)11(7)15-2/h6,14H,3-4H2,1-2H3. The number of nitriles is 1. The molecule has 0 aliphatic carbocycles. The van der Waals surface area contributed by atoms with Gasteiger partial charge in [-0.1, -0.05) is 6.92 Å². The van der Waals surface area contributed by atoms with Crippen LogP contribution in [-0.2, 0) is 12.8 Å². The first-order valence-corrected chi connectivity index (χ1v) is 4.59. The molecule has 1 N–H and O–H groups in total. The molecule has 0 saturated heterocycles. The minimum Gasteiger partial charge on any atom is -0.505 e. The maximum absolute atomic E-state index is 13.5. The molecule has 0 heterocycles. The third kappa shape index (κ3) is 2.01. The van der Waals surface area contributed by atoms with Crippen LogP contribution in [0, 0.1) is 17.1 Å². The second kappa shape index (κ2) is 4.65. The Bertz CT molecular complexity index is 410. The first-order chi connectivity index (χ1) is 7.15. The minimum absolute atomic E-state index is 0.0141. The Labute approximate surface area is 87.7 Å². The van der Waals surface area contributed by atoms with E-state index in [1.54, 1.807) is 6.07 Å². The first-order valence-electron chi connectivity index (χ1n) is 4.59. The summed E-state index contributed by atoms with van der Waals surface area (Å²) >= 11 is 0. The van der Waals surface area contributed by atoms with Crippen molar-refractivity contribution < 1.29 is 14.2 Å². The van der Waals surface area contributed by atoms with Crippen LogP contribution in [-0.4, -0.2) is 12.2 Å². The Morgan fingerprint density at radius 1 is 1.53 bits per heavy atom. The number of ether oxygens (including phenoxy) is 1. The van der Waals surface area contributed by atoms with Crippen molar-refractivity contribution in [3.05, 3.63) is 23.0 Å². The lowest BCUT2D eigenvalue weighted by Gasteiger charge is -2.11. The fourth-order valence-electron chi connectivity index (χ4n) is 1.44. The van der Waals surface area contributed by atoms with Crippen LogP contribution in [0.3, 0.4) is 0 Å². The molecule has 4 heteroatoms. The molecule has 0 amide bonds. The van der Waals surface area contributed by atoms with Gasteiger partial charge in [-0.05, 0) is 18.1 Å². The van der Waals surface area contributed by atoms with Gasteiger partial charge in [-0.25, -0.2) is 0 Å². The van der Waals surface area contributed by atoms with E-state index in [4.69, 9.17) is 10.00 Å². The number of phenolic OH excluding ortho intramolecular Hbond substituents is 1. The van der Waals surface area contributed by atoms with Gasteiger partial charge in [-0.2, -0.15) is 9.65 Å². The highest BCUT2D eigenvalue weighted by atomic mass is 19.1. The third-order valence-electron chi connectivity index (χ3n) is 2.21. The first kappa shape index (κ1) is 11.3. The molecular weight excluding hydrogens is 197 g/mol. The predicted octanol–water partition coefficient (Wildman–Crippen LogP) is 2.17. The summed E-state index contributed by atoms with van der Waals surface area (Å²) < 4.78 is 18.4. The summed E-state index contributed by atoms with van der Waals surface area (Å²) in [6, 6.07) is 3.47. The van der Waals surface area contributed by atoms with Gasteiger partial charge in [0.15, 0.2) is 11.5 Å². The lowest BCUT2D eigenvalue weighted by atomic mass is 10.0. The van der Waals surface area contributed by atoms with Crippen molar-refractivity contribution in [3.63, 3.8) is 0 Å². The summed E-state index contributed by atoms with van der Waals surface area (Å²) in [4.78, 5) is 0. The fourth-order valence-corrected chi connectivity index (χ4v) is 1.44. The second-order valence-electron chi connectivity index (χ2n) is 3.08. The van der Waals surface area contributed by atoms with E-state index in [2.05, 4.69) is 0 Å². The van der Waals surface area contributed by atoms with Crippen LogP contribution in [0.4, 0.5) is 4.39 Å². The van der Waals surface area contributed by atoms with E-state index in [1.807, 2.05) is 13.0 Å². The number of rotatable bonds is 3. The molecule has 0 unspecified atom stereocenters. The molecule has 0 aromatic heterocycles. The van der Waals surface area contributed by atoms with Crippen LogP contribution in [0.1, 0.15) is 18.1 Å².